The van der Waals surface area contributed by atoms with Crippen LogP contribution in [-0.2, 0) is 4.74 Å². The number of ether oxygens (including phenoxy) is 1. The van der Waals surface area contributed by atoms with E-state index in [-0.39, 0.29) is 0 Å². The van der Waals surface area contributed by atoms with Crippen molar-refractivity contribution in [1.29, 1.82) is 0 Å². The van der Waals surface area contributed by atoms with E-state index in [2.05, 4.69) is 18.8 Å². The molecule has 0 aromatic heterocycles. The van der Waals surface area contributed by atoms with Gasteiger partial charge in [-0.3, -0.25) is 0 Å². The molecule has 14 heavy (non-hydrogen) atoms. The fraction of sp³-hybridized carbons (Fsp3) is 0.727. The number of nitrogens with zero attached hydrogens (tertiary/aromatic N) is 1. The van der Waals surface area contributed by atoms with Crippen LogP contribution in [0.2, 0.25) is 0 Å². The second kappa shape index (κ2) is 5.03. The maximum absolute atomic E-state index is 5.79. The van der Waals surface area contributed by atoms with Gasteiger partial charge in [-0.05, 0) is 33.1 Å². The third-order valence-electron chi connectivity index (χ3n) is 2.47. The lowest BCUT2D eigenvalue weighted by Gasteiger charge is -2.20. The molecular formula is C11H20N2O. The first-order valence-corrected chi connectivity index (χ1v) is 5.31. The lowest BCUT2D eigenvalue weighted by molar-refractivity contribution is 0.277. The number of rotatable bonds is 2. The van der Waals surface area contributed by atoms with E-state index in [1.54, 1.807) is 0 Å². The number of aliphatic imine (C=N–C) groups is 1. The van der Waals surface area contributed by atoms with Crippen LogP contribution >= 0.6 is 0 Å². The third-order valence-corrected chi connectivity index (χ3v) is 2.47. The molecule has 1 unspecified atom stereocenters. The quantitative estimate of drug-likeness (QED) is 0.736. The molecule has 1 atom stereocenters. The van der Waals surface area contributed by atoms with Crippen LogP contribution in [0.1, 0.15) is 40.0 Å². The molecule has 1 saturated heterocycles. The van der Waals surface area contributed by atoms with E-state index >= 15 is 0 Å². The average Bonchev–Trinajstić information content (AvgIpc) is 2.18. The molecule has 0 spiro atoms. The van der Waals surface area contributed by atoms with Crippen LogP contribution in [0.15, 0.2) is 16.3 Å². The second-order valence-electron chi connectivity index (χ2n) is 3.81. The minimum absolute atomic E-state index is 0.317. The predicted molar refractivity (Wildman–Crippen MR) is 59.3 cm³/mol. The van der Waals surface area contributed by atoms with Gasteiger partial charge in [-0.15, -0.1) is 0 Å². The summed E-state index contributed by atoms with van der Waals surface area (Å²) in [5, 5.41) is 0. The van der Waals surface area contributed by atoms with Gasteiger partial charge in [0, 0.05) is 11.3 Å². The van der Waals surface area contributed by atoms with Crippen molar-refractivity contribution >= 4 is 5.90 Å². The highest BCUT2D eigenvalue weighted by Gasteiger charge is 2.16. The number of hydrogen-bond donors (Lipinski definition) is 1. The van der Waals surface area contributed by atoms with Crippen LogP contribution in [0.25, 0.3) is 0 Å². The van der Waals surface area contributed by atoms with Crippen LogP contribution in [0.5, 0.6) is 0 Å². The third kappa shape index (κ3) is 2.76. The zero-order chi connectivity index (χ0) is 10.6. The van der Waals surface area contributed by atoms with Crippen molar-refractivity contribution in [2.24, 2.45) is 10.7 Å². The van der Waals surface area contributed by atoms with Crippen molar-refractivity contribution in [2.45, 2.75) is 46.1 Å². The molecule has 0 bridgehead atoms. The maximum Gasteiger partial charge on any atom is 0.213 e. The van der Waals surface area contributed by atoms with E-state index in [4.69, 9.17) is 10.5 Å². The highest BCUT2D eigenvalue weighted by atomic mass is 16.5. The Bertz CT molecular complexity index is 252. The Balaban J connectivity index is 2.83. The topological polar surface area (TPSA) is 47.6 Å². The van der Waals surface area contributed by atoms with Crippen molar-refractivity contribution in [2.75, 3.05) is 6.61 Å². The highest BCUT2D eigenvalue weighted by Crippen LogP contribution is 2.18. The molecular weight excluding hydrogens is 176 g/mol. The smallest absolute Gasteiger partial charge is 0.213 e. The van der Waals surface area contributed by atoms with Crippen molar-refractivity contribution < 1.29 is 4.74 Å². The molecule has 0 aromatic carbocycles. The van der Waals surface area contributed by atoms with Crippen molar-refractivity contribution in [3.8, 4) is 0 Å². The number of hydrogen-bond acceptors (Lipinski definition) is 3. The summed E-state index contributed by atoms with van der Waals surface area (Å²) in [6, 6.07) is 0.317. The molecule has 1 aliphatic heterocycles. The SMILES string of the molecule is CCC(C)/N=C1/OCCC/C1=C(\C)N. The van der Waals surface area contributed by atoms with Gasteiger partial charge in [-0.2, -0.15) is 0 Å². The van der Waals surface area contributed by atoms with Gasteiger partial charge in [-0.1, -0.05) is 6.92 Å². The number of allylic oxidation sites excluding steroid dienone is 1. The van der Waals surface area contributed by atoms with Crippen molar-refractivity contribution in [3.05, 3.63) is 11.3 Å². The van der Waals surface area contributed by atoms with Crippen LogP contribution in [0.4, 0.5) is 0 Å². The normalized spacial score (nSPS) is 25.8. The van der Waals surface area contributed by atoms with Crippen LogP contribution in [0.3, 0.4) is 0 Å². The molecule has 0 aromatic rings. The molecule has 1 rings (SSSR count). The van der Waals surface area contributed by atoms with Crippen molar-refractivity contribution in [1.82, 2.24) is 0 Å². The van der Waals surface area contributed by atoms with Gasteiger partial charge in [0.05, 0.1) is 12.6 Å². The van der Waals surface area contributed by atoms with E-state index in [9.17, 15) is 0 Å². The zero-order valence-corrected chi connectivity index (χ0v) is 9.34. The minimum atomic E-state index is 0.317. The summed E-state index contributed by atoms with van der Waals surface area (Å²) in [6.07, 6.45) is 3.07. The Morgan fingerprint density at radius 3 is 2.93 bits per heavy atom. The van der Waals surface area contributed by atoms with Crippen molar-refractivity contribution in [3.63, 3.8) is 0 Å². The first-order chi connectivity index (χ1) is 6.65. The fourth-order valence-corrected chi connectivity index (χ4v) is 1.38. The van der Waals surface area contributed by atoms with Gasteiger partial charge in [-0.25, -0.2) is 4.99 Å². The standard InChI is InChI=1S/C11H20N2O/c1-4-8(2)13-11-10(9(3)12)6-5-7-14-11/h8H,4-7,12H2,1-3H3/b10-9-,13-11+. The first-order valence-electron chi connectivity index (χ1n) is 5.31. The van der Waals surface area contributed by atoms with E-state index in [1.165, 1.54) is 0 Å². The van der Waals surface area contributed by atoms with Gasteiger partial charge >= 0.3 is 0 Å². The largest absolute Gasteiger partial charge is 0.478 e. The molecule has 0 aliphatic carbocycles. The molecule has 2 N–H and O–H groups in total. The monoisotopic (exact) mass is 196 g/mol. The molecule has 3 nitrogen and oxygen atoms in total. The summed E-state index contributed by atoms with van der Waals surface area (Å²) in [4.78, 5) is 4.51. The summed E-state index contributed by atoms with van der Waals surface area (Å²) in [5.74, 6) is 0.769. The lowest BCUT2D eigenvalue weighted by atomic mass is 10.1. The lowest BCUT2D eigenvalue weighted by Crippen LogP contribution is -2.21. The highest BCUT2D eigenvalue weighted by molar-refractivity contribution is 5.94. The van der Waals surface area contributed by atoms with E-state index in [0.29, 0.717) is 6.04 Å². The minimum Gasteiger partial charge on any atom is -0.478 e. The fourth-order valence-electron chi connectivity index (χ4n) is 1.38. The molecule has 3 heteroatoms. The Hall–Kier alpha value is -0.990. The maximum atomic E-state index is 5.79. The summed E-state index contributed by atoms with van der Waals surface area (Å²) < 4.78 is 5.54. The first kappa shape index (κ1) is 11.1. The molecule has 1 heterocycles. The summed E-state index contributed by atoms with van der Waals surface area (Å²) in [5.41, 5.74) is 7.73. The molecule has 80 valence electrons. The summed E-state index contributed by atoms with van der Waals surface area (Å²) in [7, 11) is 0. The van der Waals surface area contributed by atoms with E-state index in [1.807, 2.05) is 6.92 Å². The van der Waals surface area contributed by atoms with Gasteiger partial charge in [0.2, 0.25) is 5.90 Å². The van der Waals surface area contributed by atoms with Crippen LogP contribution in [0, 0.1) is 0 Å². The Labute approximate surface area is 86.0 Å². The van der Waals surface area contributed by atoms with Gasteiger partial charge in [0.1, 0.15) is 0 Å². The Morgan fingerprint density at radius 1 is 1.64 bits per heavy atom. The van der Waals surface area contributed by atoms with Gasteiger partial charge in [0.25, 0.3) is 0 Å². The Kier molecular flexibility index (Phi) is 3.98. The van der Waals surface area contributed by atoms with Crippen LogP contribution in [-0.4, -0.2) is 18.5 Å². The second-order valence-corrected chi connectivity index (χ2v) is 3.81. The molecule has 0 amide bonds. The zero-order valence-electron chi connectivity index (χ0n) is 9.34. The van der Waals surface area contributed by atoms with E-state index in [0.717, 1.165) is 43.0 Å². The predicted octanol–water partition coefficient (Wildman–Crippen LogP) is 2.23. The van der Waals surface area contributed by atoms with E-state index < -0.39 is 0 Å². The Morgan fingerprint density at radius 2 is 2.36 bits per heavy atom. The molecule has 1 aliphatic rings. The number of nitrogens with two attached hydrogens (primary N) is 1. The molecule has 0 saturated carbocycles. The summed E-state index contributed by atoms with van der Waals surface area (Å²) >= 11 is 0. The van der Waals surface area contributed by atoms with Gasteiger partial charge in [0.15, 0.2) is 0 Å². The van der Waals surface area contributed by atoms with Crippen LogP contribution < -0.4 is 5.73 Å². The summed E-state index contributed by atoms with van der Waals surface area (Å²) in [6.45, 7) is 6.90. The molecule has 1 fully saturated rings. The average molecular weight is 196 g/mol. The molecule has 0 radical (unpaired) electrons. The van der Waals surface area contributed by atoms with Gasteiger partial charge < -0.3 is 10.5 Å².